The summed E-state index contributed by atoms with van der Waals surface area (Å²) in [5.74, 6) is 0.0561. The van der Waals surface area contributed by atoms with Crippen LogP contribution in [0.25, 0.3) is 10.8 Å². The zero-order chi connectivity index (χ0) is 19.8. The number of halogens is 1. The summed E-state index contributed by atoms with van der Waals surface area (Å²) in [6.07, 6.45) is 4.57. The fraction of sp³-hybridized carbons (Fsp3) is 0.320. The molecule has 1 amide bonds. The van der Waals surface area contributed by atoms with Crippen molar-refractivity contribution in [1.29, 1.82) is 0 Å². The molecule has 3 aromatic carbocycles. The van der Waals surface area contributed by atoms with Crippen molar-refractivity contribution >= 4 is 32.6 Å². The van der Waals surface area contributed by atoms with Crippen molar-refractivity contribution in [3.63, 3.8) is 0 Å². The maximum absolute atomic E-state index is 12.9. The molecule has 0 spiro atoms. The van der Waals surface area contributed by atoms with E-state index in [4.69, 9.17) is 0 Å². The van der Waals surface area contributed by atoms with Gasteiger partial charge in [0, 0.05) is 34.7 Å². The van der Waals surface area contributed by atoms with Gasteiger partial charge in [-0.15, -0.1) is 0 Å². The topological polar surface area (TPSA) is 32.3 Å². The van der Waals surface area contributed by atoms with Gasteiger partial charge in [-0.1, -0.05) is 58.4 Å². The van der Waals surface area contributed by atoms with E-state index in [0.717, 1.165) is 34.8 Å². The fourth-order valence-electron chi connectivity index (χ4n) is 5.10. The molecule has 0 aromatic heterocycles. The van der Waals surface area contributed by atoms with Crippen LogP contribution in [0.2, 0.25) is 0 Å². The molecule has 2 heterocycles. The van der Waals surface area contributed by atoms with Crippen LogP contribution in [0, 0.1) is 0 Å². The summed E-state index contributed by atoms with van der Waals surface area (Å²) in [6, 6.07) is 24.2. The SMILES string of the molecule is O=C(NC1CC2CCC(C1)N2Cc1cccc(Br)c1)c1ccc2ccccc2c1. The Morgan fingerprint density at radius 1 is 0.931 bits per heavy atom. The Bertz CT molecular complexity index is 1040. The van der Waals surface area contributed by atoms with Crippen LogP contribution >= 0.6 is 15.9 Å². The average molecular weight is 449 g/mol. The molecule has 0 aliphatic carbocycles. The number of fused-ring (bicyclic) bond motifs is 3. The normalized spacial score (nSPS) is 24.0. The van der Waals surface area contributed by atoms with Crippen LogP contribution in [-0.4, -0.2) is 28.9 Å². The molecule has 3 aromatic rings. The quantitative estimate of drug-likeness (QED) is 0.568. The van der Waals surface area contributed by atoms with E-state index in [2.05, 4.69) is 62.5 Å². The molecule has 0 radical (unpaired) electrons. The van der Waals surface area contributed by atoms with Gasteiger partial charge in [0.2, 0.25) is 0 Å². The number of hydrogen-bond donors (Lipinski definition) is 1. The van der Waals surface area contributed by atoms with Gasteiger partial charge in [-0.3, -0.25) is 9.69 Å². The van der Waals surface area contributed by atoms with Crippen molar-refractivity contribution in [2.75, 3.05) is 0 Å². The predicted molar refractivity (Wildman–Crippen MR) is 121 cm³/mol. The number of carbonyl (C=O) groups excluding carboxylic acids is 1. The second kappa shape index (κ2) is 7.92. The first-order valence-corrected chi connectivity index (χ1v) is 11.2. The van der Waals surface area contributed by atoms with Crippen LogP contribution in [-0.2, 0) is 6.54 Å². The molecule has 2 atom stereocenters. The monoisotopic (exact) mass is 448 g/mol. The second-order valence-electron chi connectivity index (χ2n) is 8.39. The van der Waals surface area contributed by atoms with Crippen LogP contribution in [0.5, 0.6) is 0 Å². The van der Waals surface area contributed by atoms with Crippen LogP contribution < -0.4 is 5.32 Å². The molecular formula is C25H25BrN2O. The Hall–Kier alpha value is -2.17. The van der Waals surface area contributed by atoms with Gasteiger partial charge in [0.15, 0.2) is 0 Å². The first-order chi connectivity index (χ1) is 14.2. The summed E-state index contributed by atoms with van der Waals surface area (Å²) in [7, 11) is 0. The number of piperidine rings is 1. The Morgan fingerprint density at radius 2 is 1.69 bits per heavy atom. The van der Waals surface area contributed by atoms with Gasteiger partial charge in [-0.25, -0.2) is 0 Å². The number of amides is 1. The van der Waals surface area contributed by atoms with E-state index in [1.165, 1.54) is 23.8 Å². The lowest BCUT2D eigenvalue weighted by Crippen LogP contribution is -2.49. The highest BCUT2D eigenvalue weighted by molar-refractivity contribution is 9.10. The van der Waals surface area contributed by atoms with Crippen LogP contribution in [0.15, 0.2) is 71.2 Å². The first kappa shape index (κ1) is 18.8. The number of rotatable bonds is 4. The van der Waals surface area contributed by atoms with Crippen molar-refractivity contribution in [2.45, 2.75) is 50.4 Å². The van der Waals surface area contributed by atoms with Crippen molar-refractivity contribution in [3.8, 4) is 0 Å². The van der Waals surface area contributed by atoms with E-state index >= 15 is 0 Å². The van der Waals surface area contributed by atoms with Crippen LogP contribution in [0.3, 0.4) is 0 Å². The summed E-state index contributed by atoms with van der Waals surface area (Å²) >= 11 is 3.58. The van der Waals surface area contributed by atoms with E-state index in [9.17, 15) is 4.79 Å². The molecule has 29 heavy (non-hydrogen) atoms. The van der Waals surface area contributed by atoms with Crippen molar-refractivity contribution < 1.29 is 4.79 Å². The number of nitrogens with one attached hydrogen (secondary N) is 1. The summed E-state index contributed by atoms with van der Waals surface area (Å²) < 4.78 is 1.14. The van der Waals surface area contributed by atoms with Gasteiger partial charge in [-0.05, 0) is 66.3 Å². The minimum Gasteiger partial charge on any atom is -0.349 e. The third kappa shape index (κ3) is 3.96. The van der Waals surface area contributed by atoms with E-state index in [-0.39, 0.29) is 11.9 Å². The molecule has 2 aliphatic heterocycles. The summed E-state index contributed by atoms with van der Waals surface area (Å²) in [5.41, 5.74) is 2.11. The number of benzene rings is 3. The van der Waals surface area contributed by atoms with Crippen LogP contribution in [0.1, 0.15) is 41.6 Å². The minimum atomic E-state index is 0.0561. The molecule has 5 rings (SSSR count). The van der Waals surface area contributed by atoms with Gasteiger partial charge < -0.3 is 5.32 Å². The molecule has 2 fully saturated rings. The highest BCUT2D eigenvalue weighted by atomic mass is 79.9. The summed E-state index contributed by atoms with van der Waals surface area (Å²) in [4.78, 5) is 15.5. The summed E-state index contributed by atoms with van der Waals surface area (Å²) in [6.45, 7) is 1.00. The van der Waals surface area contributed by atoms with Gasteiger partial charge in [0.05, 0.1) is 0 Å². The molecule has 2 saturated heterocycles. The molecule has 2 unspecified atom stereocenters. The lowest BCUT2D eigenvalue weighted by atomic mass is 9.96. The molecule has 0 saturated carbocycles. The van der Waals surface area contributed by atoms with Gasteiger partial charge in [-0.2, -0.15) is 0 Å². The summed E-state index contributed by atoms with van der Waals surface area (Å²) in [5, 5.41) is 5.61. The van der Waals surface area contributed by atoms with Crippen LogP contribution in [0.4, 0.5) is 0 Å². The zero-order valence-corrected chi connectivity index (χ0v) is 17.9. The molecule has 2 aliphatic rings. The van der Waals surface area contributed by atoms with E-state index < -0.39 is 0 Å². The predicted octanol–water partition coefficient (Wildman–Crippen LogP) is 5.53. The molecule has 2 bridgehead atoms. The van der Waals surface area contributed by atoms with E-state index in [0.29, 0.717) is 12.1 Å². The number of hydrogen-bond acceptors (Lipinski definition) is 2. The second-order valence-corrected chi connectivity index (χ2v) is 9.31. The third-order valence-corrected chi connectivity index (χ3v) is 6.98. The van der Waals surface area contributed by atoms with Crippen molar-refractivity contribution in [3.05, 3.63) is 82.3 Å². The Kier molecular flexibility index (Phi) is 5.15. The zero-order valence-electron chi connectivity index (χ0n) is 16.4. The lowest BCUT2D eigenvalue weighted by molar-refractivity contribution is 0.0828. The maximum Gasteiger partial charge on any atom is 0.251 e. The van der Waals surface area contributed by atoms with Gasteiger partial charge in [0.1, 0.15) is 0 Å². The lowest BCUT2D eigenvalue weighted by Gasteiger charge is -2.39. The largest absolute Gasteiger partial charge is 0.349 e. The molecule has 3 nitrogen and oxygen atoms in total. The Labute approximate surface area is 180 Å². The van der Waals surface area contributed by atoms with Crippen molar-refractivity contribution in [1.82, 2.24) is 10.2 Å². The standard InChI is InChI=1S/C25H25BrN2O/c26-21-7-3-4-17(12-21)16-28-23-10-11-24(28)15-22(14-23)27-25(29)20-9-8-18-5-1-2-6-19(18)13-20/h1-9,12-13,22-24H,10-11,14-16H2,(H,27,29). The average Bonchev–Trinajstić information content (AvgIpc) is 2.95. The molecule has 148 valence electrons. The highest BCUT2D eigenvalue weighted by Gasteiger charge is 2.40. The Morgan fingerprint density at radius 3 is 2.45 bits per heavy atom. The van der Waals surface area contributed by atoms with Crippen molar-refractivity contribution in [2.24, 2.45) is 0 Å². The van der Waals surface area contributed by atoms with E-state index in [1.54, 1.807) is 0 Å². The van der Waals surface area contributed by atoms with Gasteiger partial charge >= 0.3 is 0 Å². The smallest absolute Gasteiger partial charge is 0.251 e. The third-order valence-electron chi connectivity index (χ3n) is 6.49. The molecular weight excluding hydrogens is 424 g/mol. The first-order valence-electron chi connectivity index (χ1n) is 10.5. The fourth-order valence-corrected chi connectivity index (χ4v) is 5.54. The molecule has 4 heteroatoms. The van der Waals surface area contributed by atoms with Gasteiger partial charge in [0.25, 0.3) is 5.91 Å². The maximum atomic E-state index is 12.9. The minimum absolute atomic E-state index is 0.0561. The highest BCUT2D eigenvalue weighted by Crippen LogP contribution is 2.37. The Balaban J connectivity index is 1.25. The molecule has 1 N–H and O–H groups in total. The van der Waals surface area contributed by atoms with E-state index in [1.807, 2.05) is 30.3 Å². The number of carbonyl (C=O) groups is 1. The number of nitrogens with zero attached hydrogens (tertiary/aromatic N) is 1.